The van der Waals surface area contributed by atoms with Crippen LogP contribution in [0, 0.1) is 0 Å². The number of carbonyl (C=O) groups is 1. The first-order valence-electron chi connectivity index (χ1n) is 8.46. The van der Waals surface area contributed by atoms with E-state index in [2.05, 4.69) is 22.2 Å². The van der Waals surface area contributed by atoms with Crippen LogP contribution in [0.2, 0.25) is 0 Å². The number of aryl methyl sites for hydroxylation is 1. The summed E-state index contributed by atoms with van der Waals surface area (Å²) in [5, 5.41) is 12.8. The van der Waals surface area contributed by atoms with Gasteiger partial charge in [0.2, 0.25) is 5.69 Å². The van der Waals surface area contributed by atoms with Gasteiger partial charge in [-0.25, -0.2) is 4.79 Å². The summed E-state index contributed by atoms with van der Waals surface area (Å²) in [5.74, 6) is 0.187. The van der Waals surface area contributed by atoms with Crippen molar-refractivity contribution < 1.29 is 14.3 Å². The molecule has 136 valence electrons. The summed E-state index contributed by atoms with van der Waals surface area (Å²) in [4.78, 5) is 12.0. The van der Waals surface area contributed by atoms with Crippen LogP contribution in [-0.2, 0) is 11.2 Å². The van der Waals surface area contributed by atoms with E-state index in [0.717, 1.165) is 29.7 Å². The van der Waals surface area contributed by atoms with E-state index < -0.39 is 5.97 Å². The fourth-order valence-electron chi connectivity index (χ4n) is 2.85. The molecule has 0 aliphatic heterocycles. The average Bonchev–Trinajstić information content (AvgIpc) is 3.01. The van der Waals surface area contributed by atoms with Crippen molar-refractivity contribution in [3.63, 3.8) is 0 Å². The number of carbonyl (C=O) groups excluding carboxylic acids is 1. The van der Waals surface area contributed by atoms with E-state index in [9.17, 15) is 4.79 Å². The van der Waals surface area contributed by atoms with E-state index in [4.69, 9.17) is 15.2 Å². The predicted molar refractivity (Wildman–Crippen MR) is 97.1 cm³/mol. The number of nitrogen functional groups attached to an aromatic ring is 1. The summed E-state index contributed by atoms with van der Waals surface area (Å²) in [6.45, 7) is 4.01. The number of benzene rings is 1. The van der Waals surface area contributed by atoms with E-state index in [0.29, 0.717) is 11.4 Å². The Bertz CT molecular complexity index is 951. The first-order chi connectivity index (χ1) is 12.6. The van der Waals surface area contributed by atoms with Gasteiger partial charge in [0.15, 0.2) is 11.5 Å². The highest BCUT2D eigenvalue weighted by molar-refractivity contribution is 5.93. The van der Waals surface area contributed by atoms with Crippen LogP contribution in [0.3, 0.4) is 0 Å². The Balaban J connectivity index is 2.27. The van der Waals surface area contributed by atoms with Crippen molar-refractivity contribution in [2.45, 2.75) is 26.7 Å². The van der Waals surface area contributed by atoms with Crippen LogP contribution in [0.5, 0.6) is 5.75 Å². The van der Waals surface area contributed by atoms with Crippen LogP contribution in [0.25, 0.3) is 16.8 Å². The van der Waals surface area contributed by atoms with E-state index in [-0.39, 0.29) is 18.1 Å². The zero-order chi connectivity index (χ0) is 18.7. The molecule has 0 radical (unpaired) electrons. The monoisotopic (exact) mass is 355 g/mol. The fourth-order valence-corrected chi connectivity index (χ4v) is 2.85. The van der Waals surface area contributed by atoms with E-state index >= 15 is 0 Å². The fraction of sp³-hybridized carbons (Fsp3) is 0.333. The minimum Gasteiger partial charge on any atom is -0.496 e. The molecule has 0 aliphatic rings. The summed E-state index contributed by atoms with van der Waals surface area (Å²) in [7, 11) is 1.61. The molecule has 0 bridgehead atoms. The normalized spacial score (nSPS) is 10.9. The highest BCUT2D eigenvalue weighted by atomic mass is 16.5. The number of hydrogen-bond acceptors (Lipinski definition) is 7. The quantitative estimate of drug-likeness (QED) is 0.677. The molecule has 8 nitrogen and oxygen atoms in total. The van der Waals surface area contributed by atoms with Crippen molar-refractivity contribution >= 4 is 17.4 Å². The number of aromatic nitrogens is 4. The summed E-state index contributed by atoms with van der Waals surface area (Å²) < 4.78 is 11.9. The molecule has 0 atom stereocenters. The largest absolute Gasteiger partial charge is 0.496 e. The van der Waals surface area contributed by atoms with Gasteiger partial charge in [-0.15, -0.1) is 10.2 Å². The Morgan fingerprint density at radius 1 is 1.23 bits per heavy atom. The molecule has 3 aromatic rings. The molecular weight excluding hydrogens is 334 g/mol. The van der Waals surface area contributed by atoms with Gasteiger partial charge < -0.3 is 15.2 Å². The third kappa shape index (κ3) is 2.94. The lowest BCUT2D eigenvalue weighted by molar-refractivity contribution is 0.0519. The summed E-state index contributed by atoms with van der Waals surface area (Å²) in [6, 6.07) is 7.62. The number of esters is 1. The number of nitrogens with two attached hydrogens (primary N) is 1. The predicted octanol–water partition coefficient (Wildman–Crippen LogP) is 2.51. The standard InChI is InChI=1S/C18H21N5O3/c1-4-8-12-14(11-9-6-7-10-13(11)25-3)17-21-20-15(18(24)26-5-2)16(19)23(17)22-12/h6-7,9-10H,4-5,8,19H2,1-3H3. The third-order valence-corrected chi connectivity index (χ3v) is 3.98. The minimum absolute atomic E-state index is 0.0449. The van der Waals surface area contributed by atoms with Gasteiger partial charge in [-0.05, 0) is 19.4 Å². The second-order valence-corrected chi connectivity index (χ2v) is 5.66. The molecule has 26 heavy (non-hydrogen) atoms. The molecule has 2 heterocycles. The SMILES string of the molecule is CCCc1nn2c(N)c(C(=O)OCC)nnc2c1-c1ccccc1OC. The maximum absolute atomic E-state index is 12.0. The van der Waals surface area contributed by atoms with Crippen LogP contribution in [0.15, 0.2) is 24.3 Å². The van der Waals surface area contributed by atoms with Gasteiger partial charge in [-0.3, -0.25) is 0 Å². The second-order valence-electron chi connectivity index (χ2n) is 5.66. The Labute approximate surface area is 150 Å². The number of fused-ring (bicyclic) bond motifs is 1. The number of hydrogen-bond donors (Lipinski definition) is 1. The number of nitrogens with zero attached hydrogens (tertiary/aromatic N) is 4. The number of anilines is 1. The van der Waals surface area contributed by atoms with Crippen molar-refractivity contribution in [3.8, 4) is 16.9 Å². The highest BCUT2D eigenvalue weighted by Crippen LogP contribution is 2.35. The van der Waals surface area contributed by atoms with Crippen LogP contribution >= 0.6 is 0 Å². The smallest absolute Gasteiger partial charge is 0.362 e. The molecule has 1 aromatic carbocycles. The molecule has 0 aliphatic carbocycles. The molecule has 0 saturated carbocycles. The summed E-state index contributed by atoms with van der Waals surface area (Å²) in [6.07, 6.45) is 1.62. The third-order valence-electron chi connectivity index (χ3n) is 3.98. The van der Waals surface area contributed by atoms with E-state index in [1.165, 1.54) is 4.52 Å². The maximum atomic E-state index is 12.0. The number of methoxy groups -OCH3 is 1. The minimum atomic E-state index is -0.620. The molecule has 2 aromatic heterocycles. The van der Waals surface area contributed by atoms with Crippen LogP contribution in [0.4, 0.5) is 5.82 Å². The molecule has 8 heteroatoms. The average molecular weight is 355 g/mol. The summed E-state index contributed by atoms with van der Waals surface area (Å²) >= 11 is 0. The number of rotatable bonds is 6. The molecule has 0 fully saturated rings. The first kappa shape index (κ1) is 17.7. The van der Waals surface area contributed by atoms with Gasteiger partial charge >= 0.3 is 5.97 Å². The molecule has 3 rings (SSSR count). The zero-order valence-electron chi connectivity index (χ0n) is 15.0. The molecule has 0 saturated heterocycles. The lowest BCUT2D eigenvalue weighted by atomic mass is 10.0. The van der Waals surface area contributed by atoms with Gasteiger partial charge in [0.1, 0.15) is 5.75 Å². The van der Waals surface area contributed by atoms with Crippen LogP contribution in [-0.4, -0.2) is 39.5 Å². The Morgan fingerprint density at radius 2 is 2.00 bits per heavy atom. The highest BCUT2D eigenvalue weighted by Gasteiger charge is 2.24. The van der Waals surface area contributed by atoms with Gasteiger partial charge in [0.05, 0.1) is 25.0 Å². The molecule has 2 N–H and O–H groups in total. The first-order valence-corrected chi connectivity index (χ1v) is 8.46. The Hall–Kier alpha value is -3.16. The molecular formula is C18H21N5O3. The van der Waals surface area contributed by atoms with Gasteiger partial charge in [0, 0.05) is 5.56 Å². The van der Waals surface area contributed by atoms with Gasteiger partial charge in [0.25, 0.3) is 0 Å². The van der Waals surface area contributed by atoms with E-state index in [1.807, 2.05) is 24.3 Å². The molecule has 0 amide bonds. The lowest BCUT2D eigenvalue weighted by Crippen LogP contribution is -2.15. The van der Waals surface area contributed by atoms with Crippen molar-refractivity contribution in [2.24, 2.45) is 0 Å². The second kappa shape index (κ2) is 7.38. The Kier molecular flexibility index (Phi) is 5.01. The number of para-hydroxylation sites is 1. The topological polar surface area (TPSA) is 105 Å². The zero-order valence-corrected chi connectivity index (χ0v) is 15.0. The van der Waals surface area contributed by atoms with Crippen molar-refractivity contribution in [1.29, 1.82) is 0 Å². The Morgan fingerprint density at radius 3 is 2.69 bits per heavy atom. The lowest BCUT2D eigenvalue weighted by Gasteiger charge is -2.08. The molecule has 0 spiro atoms. The summed E-state index contributed by atoms with van der Waals surface area (Å²) in [5.41, 5.74) is 9.05. The maximum Gasteiger partial charge on any atom is 0.362 e. The van der Waals surface area contributed by atoms with E-state index in [1.54, 1.807) is 14.0 Å². The van der Waals surface area contributed by atoms with Crippen LogP contribution < -0.4 is 10.5 Å². The van der Waals surface area contributed by atoms with Crippen molar-refractivity contribution in [2.75, 3.05) is 19.5 Å². The van der Waals surface area contributed by atoms with Gasteiger partial charge in [-0.2, -0.15) is 9.61 Å². The molecule has 0 unspecified atom stereocenters. The van der Waals surface area contributed by atoms with Crippen molar-refractivity contribution in [1.82, 2.24) is 19.8 Å². The van der Waals surface area contributed by atoms with Crippen LogP contribution in [0.1, 0.15) is 36.5 Å². The van der Waals surface area contributed by atoms with Crippen molar-refractivity contribution in [3.05, 3.63) is 35.7 Å². The van der Waals surface area contributed by atoms with Gasteiger partial charge in [-0.1, -0.05) is 31.5 Å². The number of ether oxygens (including phenoxy) is 2.